The molecule has 0 radical (unpaired) electrons. The second-order valence-electron chi connectivity index (χ2n) is 7.58. The summed E-state index contributed by atoms with van der Waals surface area (Å²) in [4.78, 5) is 14.1. The Labute approximate surface area is 168 Å². The van der Waals surface area contributed by atoms with Crippen LogP contribution in [0, 0.1) is 27.7 Å². The van der Waals surface area contributed by atoms with E-state index in [1.165, 1.54) is 0 Å². The van der Waals surface area contributed by atoms with Gasteiger partial charge in [-0.25, -0.2) is 8.42 Å². The van der Waals surface area contributed by atoms with Crippen molar-refractivity contribution in [3.05, 3.63) is 58.1 Å². The third-order valence-electron chi connectivity index (χ3n) is 5.77. The van der Waals surface area contributed by atoms with Crippen LogP contribution in [0.3, 0.4) is 0 Å². The van der Waals surface area contributed by atoms with Crippen molar-refractivity contribution in [2.45, 2.75) is 39.5 Å². The minimum atomic E-state index is -3.53. The van der Waals surface area contributed by atoms with Gasteiger partial charge >= 0.3 is 0 Å². The van der Waals surface area contributed by atoms with Crippen LogP contribution in [0.5, 0.6) is 0 Å². The summed E-state index contributed by atoms with van der Waals surface area (Å²) < 4.78 is 28.3. The van der Waals surface area contributed by atoms with Crippen LogP contribution in [-0.4, -0.2) is 44.7 Å². The number of Topliss-reactive ketones (excluding diaryl/α,β-unsaturated/α-hetero) is 1. The van der Waals surface area contributed by atoms with Crippen molar-refractivity contribution in [3.8, 4) is 0 Å². The van der Waals surface area contributed by atoms with E-state index in [0.29, 0.717) is 36.6 Å². The molecule has 0 spiro atoms. The maximum atomic E-state index is 13.4. The lowest BCUT2D eigenvalue weighted by Crippen LogP contribution is -2.49. The van der Waals surface area contributed by atoms with E-state index in [2.05, 4.69) is 4.90 Å². The monoisotopic (exact) mass is 400 g/mol. The first-order valence-electron chi connectivity index (χ1n) is 9.56. The molecule has 6 heteroatoms. The Morgan fingerprint density at radius 2 is 1.36 bits per heavy atom. The second-order valence-corrected chi connectivity index (χ2v) is 9.46. The van der Waals surface area contributed by atoms with Crippen LogP contribution in [0.1, 0.15) is 39.5 Å². The summed E-state index contributed by atoms with van der Waals surface area (Å²) in [6, 6.07) is 9.55. The van der Waals surface area contributed by atoms with Gasteiger partial charge in [-0.2, -0.15) is 4.31 Å². The average molecular weight is 401 g/mol. The molecule has 0 unspecified atom stereocenters. The summed E-state index contributed by atoms with van der Waals surface area (Å²) in [5.41, 5.74) is 5.39. The van der Waals surface area contributed by atoms with Crippen molar-refractivity contribution < 1.29 is 13.2 Å². The molecule has 1 fully saturated rings. The zero-order valence-corrected chi connectivity index (χ0v) is 18.1. The Bertz CT molecular complexity index is 977. The highest BCUT2D eigenvalue weighted by Gasteiger charge is 2.31. The molecule has 0 saturated carbocycles. The highest BCUT2D eigenvalue weighted by molar-refractivity contribution is 7.89. The quantitative estimate of drug-likeness (QED) is 0.736. The maximum absolute atomic E-state index is 13.4. The summed E-state index contributed by atoms with van der Waals surface area (Å²) in [5.74, 6) is 0.0432. The highest BCUT2D eigenvalue weighted by Crippen LogP contribution is 2.29. The largest absolute Gasteiger partial charge is 0.369 e. The smallest absolute Gasteiger partial charge is 0.243 e. The van der Waals surface area contributed by atoms with Gasteiger partial charge < -0.3 is 4.90 Å². The van der Waals surface area contributed by atoms with Crippen LogP contribution >= 0.6 is 0 Å². The van der Waals surface area contributed by atoms with Gasteiger partial charge in [0.2, 0.25) is 10.0 Å². The maximum Gasteiger partial charge on any atom is 0.243 e. The zero-order chi connectivity index (χ0) is 20.6. The molecule has 0 amide bonds. The fraction of sp³-hybridized carbons (Fsp3) is 0.409. The van der Waals surface area contributed by atoms with Crippen molar-refractivity contribution in [1.29, 1.82) is 0 Å². The standard InChI is InChI=1S/C22H28N2O3S/c1-15-14-16(2)18(4)22(17(15)3)28(26,27)24-12-10-23(11-13-24)21-8-6-20(7-9-21)19(5)25/h6-9,14H,10-13H2,1-5H3. The Morgan fingerprint density at radius 3 is 1.82 bits per heavy atom. The van der Waals surface area contributed by atoms with Gasteiger partial charge in [0.1, 0.15) is 0 Å². The van der Waals surface area contributed by atoms with Crippen LogP contribution in [0.4, 0.5) is 5.69 Å². The SMILES string of the molecule is CC(=O)c1ccc(N2CCN(S(=O)(=O)c3c(C)c(C)cc(C)c3C)CC2)cc1. The minimum absolute atomic E-state index is 0.0432. The summed E-state index contributed by atoms with van der Waals surface area (Å²) in [6.07, 6.45) is 0. The molecular weight excluding hydrogens is 372 g/mol. The van der Waals surface area contributed by atoms with Crippen LogP contribution in [0.2, 0.25) is 0 Å². The summed E-state index contributed by atoms with van der Waals surface area (Å²) in [7, 11) is -3.53. The first kappa shape index (κ1) is 20.6. The molecule has 1 aliphatic rings. The number of carbonyl (C=O) groups excluding carboxylic acids is 1. The van der Waals surface area contributed by atoms with Gasteiger partial charge in [-0.15, -0.1) is 0 Å². The molecule has 1 heterocycles. The summed E-state index contributed by atoms with van der Waals surface area (Å²) in [5, 5.41) is 0. The predicted octanol–water partition coefficient (Wildman–Crippen LogP) is 3.63. The Kier molecular flexibility index (Phi) is 5.64. The molecule has 28 heavy (non-hydrogen) atoms. The fourth-order valence-corrected chi connectivity index (χ4v) is 5.79. The van der Waals surface area contributed by atoms with Gasteiger partial charge in [0.05, 0.1) is 4.90 Å². The van der Waals surface area contributed by atoms with Gasteiger partial charge in [-0.1, -0.05) is 6.07 Å². The number of rotatable bonds is 4. The average Bonchev–Trinajstić information content (AvgIpc) is 2.66. The molecule has 1 aliphatic heterocycles. The molecule has 0 N–H and O–H groups in total. The topological polar surface area (TPSA) is 57.7 Å². The number of carbonyl (C=O) groups is 1. The van der Waals surface area contributed by atoms with E-state index < -0.39 is 10.0 Å². The van der Waals surface area contributed by atoms with E-state index in [1.807, 2.05) is 58.0 Å². The number of sulfonamides is 1. The van der Waals surface area contributed by atoms with Gasteiger partial charge in [0.25, 0.3) is 0 Å². The molecule has 1 saturated heterocycles. The number of hydrogen-bond donors (Lipinski definition) is 0. The Morgan fingerprint density at radius 1 is 0.857 bits per heavy atom. The fourth-order valence-electron chi connectivity index (χ4n) is 3.79. The lowest BCUT2D eigenvalue weighted by atomic mass is 10.0. The summed E-state index contributed by atoms with van der Waals surface area (Å²) >= 11 is 0. The normalized spacial score (nSPS) is 15.7. The van der Waals surface area contributed by atoms with E-state index in [9.17, 15) is 13.2 Å². The van der Waals surface area contributed by atoms with Crippen LogP contribution in [0.25, 0.3) is 0 Å². The van der Waals surface area contributed by atoms with Gasteiger partial charge in [-0.3, -0.25) is 4.79 Å². The van der Waals surface area contributed by atoms with Crippen LogP contribution in [0.15, 0.2) is 35.2 Å². The summed E-state index contributed by atoms with van der Waals surface area (Å²) in [6.45, 7) is 11.4. The van der Waals surface area contributed by atoms with Crippen molar-refractivity contribution in [1.82, 2.24) is 4.31 Å². The van der Waals surface area contributed by atoms with E-state index in [1.54, 1.807) is 11.2 Å². The lowest BCUT2D eigenvalue weighted by Gasteiger charge is -2.36. The number of aryl methyl sites for hydroxylation is 2. The van der Waals surface area contributed by atoms with E-state index in [4.69, 9.17) is 0 Å². The molecule has 0 atom stereocenters. The second kappa shape index (κ2) is 7.68. The van der Waals surface area contributed by atoms with Gasteiger partial charge in [0, 0.05) is 37.4 Å². The number of anilines is 1. The Hall–Kier alpha value is -2.18. The molecular formula is C22H28N2O3S. The molecule has 2 aromatic carbocycles. The first-order valence-corrected chi connectivity index (χ1v) is 11.0. The van der Waals surface area contributed by atoms with Gasteiger partial charge in [0.15, 0.2) is 5.78 Å². The van der Waals surface area contributed by atoms with Crippen molar-refractivity contribution in [3.63, 3.8) is 0 Å². The third kappa shape index (κ3) is 3.71. The van der Waals surface area contributed by atoms with E-state index >= 15 is 0 Å². The first-order chi connectivity index (χ1) is 13.1. The molecule has 0 aromatic heterocycles. The number of benzene rings is 2. The molecule has 2 aromatic rings. The molecule has 0 aliphatic carbocycles. The van der Waals surface area contributed by atoms with Crippen molar-refractivity contribution in [2.75, 3.05) is 31.1 Å². The third-order valence-corrected chi connectivity index (χ3v) is 7.95. The molecule has 5 nitrogen and oxygen atoms in total. The lowest BCUT2D eigenvalue weighted by molar-refractivity contribution is 0.101. The Balaban J connectivity index is 1.80. The van der Waals surface area contributed by atoms with Crippen molar-refractivity contribution >= 4 is 21.5 Å². The minimum Gasteiger partial charge on any atom is -0.369 e. The number of hydrogen-bond acceptors (Lipinski definition) is 4. The van der Waals surface area contributed by atoms with Crippen LogP contribution in [-0.2, 0) is 10.0 Å². The number of nitrogens with zero attached hydrogens (tertiary/aromatic N) is 2. The molecule has 150 valence electrons. The molecule has 3 rings (SSSR count). The number of piperazine rings is 1. The molecule has 0 bridgehead atoms. The van der Waals surface area contributed by atoms with E-state index in [0.717, 1.165) is 27.9 Å². The van der Waals surface area contributed by atoms with Gasteiger partial charge in [-0.05, 0) is 81.1 Å². The van der Waals surface area contributed by atoms with E-state index in [-0.39, 0.29) is 5.78 Å². The predicted molar refractivity (Wildman–Crippen MR) is 113 cm³/mol. The highest BCUT2D eigenvalue weighted by atomic mass is 32.2. The number of ketones is 1. The van der Waals surface area contributed by atoms with Crippen molar-refractivity contribution in [2.24, 2.45) is 0 Å². The van der Waals surface area contributed by atoms with Crippen LogP contribution < -0.4 is 4.90 Å². The zero-order valence-electron chi connectivity index (χ0n) is 17.2.